The Balaban J connectivity index is 1.91. The summed E-state index contributed by atoms with van der Waals surface area (Å²) in [7, 11) is 3.13. The van der Waals surface area contributed by atoms with Gasteiger partial charge in [-0.3, -0.25) is 9.48 Å². The molecule has 2 aromatic carbocycles. The van der Waals surface area contributed by atoms with Crippen LogP contribution in [0.2, 0.25) is 0 Å². The van der Waals surface area contributed by atoms with Crippen LogP contribution in [-0.2, 0) is 11.9 Å². The summed E-state index contributed by atoms with van der Waals surface area (Å²) >= 11 is 0. The standard InChI is InChI=1S/C19H17FN4O2/c1-24-12-15(10-21-24)19(25)23-18-6-4-3-5-16(18)13-7-8-14(11-22-26-2)17(20)9-13/h3-12H,1-2H3,(H,23,25)/b22-11+. The van der Waals surface area contributed by atoms with Gasteiger partial charge in [0.2, 0.25) is 0 Å². The van der Waals surface area contributed by atoms with Gasteiger partial charge in [-0.25, -0.2) is 4.39 Å². The molecule has 0 saturated heterocycles. The van der Waals surface area contributed by atoms with Crippen LogP contribution in [0.3, 0.4) is 0 Å². The lowest BCUT2D eigenvalue weighted by Gasteiger charge is -2.11. The first-order chi connectivity index (χ1) is 12.6. The first-order valence-electron chi connectivity index (χ1n) is 7.84. The third kappa shape index (κ3) is 3.77. The smallest absolute Gasteiger partial charge is 0.258 e. The zero-order valence-corrected chi connectivity index (χ0v) is 14.3. The van der Waals surface area contributed by atoms with E-state index in [0.29, 0.717) is 27.9 Å². The second kappa shape index (κ2) is 7.60. The molecular formula is C19H17FN4O2. The van der Waals surface area contributed by atoms with Gasteiger partial charge in [0.25, 0.3) is 5.91 Å². The van der Waals surface area contributed by atoms with Crippen molar-refractivity contribution in [3.05, 3.63) is 71.8 Å². The fourth-order valence-electron chi connectivity index (χ4n) is 2.49. The summed E-state index contributed by atoms with van der Waals surface area (Å²) < 4.78 is 15.8. The second-order valence-corrected chi connectivity index (χ2v) is 5.56. The highest BCUT2D eigenvalue weighted by Crippen LogP contribution is 2.29. The minimum atomic E-state index is -0.434. The quantitative estimate of drug-likeness (QED) is 0.565. The number of oxime groups is 1. The molecule has 1 N–H and O–H groups in total. The number of aryl methyl sites for hydroxylation is 1. The Bertz CT molecular complexity index is 966. The zero-order valence-electron chi connectivity index (χ0n) is 14.3. The van der Waals surface area contributed by atoms with Gasteiger partial charge in [-0.2, -0.15) is 5.10 Å². The summed E-state index contributed by atoms with van der Waals surface area (Å²) in [5.41, 5.74) is 2.68. The molecule has 0 aliphatic carbocycles. The number of hydrogen-bond acceptors (Lipinski definition) is 4. The van der Waals surface area contributed by atoms with Crippen molar-refractivity contribution in [2.45, 2.75) is 0 Å². The van der Waals surface area contributed by atoms with E-state index in [1.54, 1.807) is 42.2 Å². The third-order valence-electron chi connectivity index (χ3n) is 3.75. The van der Waals surface area contributed by atoms with Gasteiger partial charge in [-0.05, 0) is 23.8 Å². The van der Waals surface area contributed by atoms with Crippen LogP contribution in [0.25, 0.3) is 11.1 Å². The number of para-hydroxylation sites is 1. The summed E-state index contributed by atoms with van der Waals surface area (Å²) in [6.07, 6.45) is 4.41. The van der Waals surface area contributed by atoms with Gasteiger partial charge in [0.15, 0.2) is 0 Å². The second-order valence-electron chi connectivity index (χ2n) is 5.56. The summed E-state index contributed by atoms with van der Waals surface area (Å²) in [5.74, 6) is -0.716. The van der Waals surface area contributed by atoms with Crippen LogP contribution in [0.15, 0.2) is 60.0 Å². The summed E-state index contributed by atoms with van der Waals surface area (Å²) in [5, 5.41) is 10.4. The molecule has 0 unspecified atom stereocenters. The van der Waals surface area contributed by atoms with Crippen molar-refractivity contribution in [1.29, 1.82) is 0 Å². The van der Waals surface area contributed by atoms with Crippen LogP contribution in [0.5, 0.6) is 0 Å². The Labute approximate surface area is 149 Å². The number of hydrogen-bond donors (Lipinski definition) is 1. The Morgan fingerprint density at radius 2 is 2.12 bits per heavy atom. The molecule has 0 radical (unpaired) electrons. The van der Waals surface area contributed by atoms with E-state index in [4.69, 9.17) is 0 Å². The average molecular weight is 352 g/mol. The van der Waals surface area contributed by atoms with Crippen LogP contribution in [0, 0.1) is 5.82 Å². The topological polar surface area (TPSA) is 68.5 Å². The SMILES string of the molecule is CO/N=C/c1ccc(-c2ccccc2NC(=O)c2cnn(C)c2)cc1F. The largest absolute Gasteiger partial charge is 0.399 e. The van der Waals surface area contributed by atoms with Crippen molar-refractivity contribution < 1.29 is 14.0 Å². The molecule has 0 spiro atoms. The molecule has 3 rings (SSSR count). The normalized spacial score (nSPS) is 10.9. The van der Waals surface area contributed by atoms with Crippen molar-refractivity contribution in [3.8, 4) is 11.1 Å². The van der Waals surface area contributed by atoms with Crippen LogP contribution < -0.4 is 5.32 Å². The average Bonchev–Trinajstić information content (AvgIpc) is 3.08. The van der Waals surface area contributed by atoms with Crippen molar-refractivity contribution in [1.82, 2.24) is 9.78 Å². The van der Waals surface area contributed by atoms with Crippen LogP contribution in [0.1, 0.15) is 15.9 Å². The van der Waals surface area contributed by atoms with Gasteiger partial charge in [-0.15, -0.1) is 0 Å². The number of benzene rings is 2. The Morgan fingerprint density at radius 1 is 1.31 bits per heavy atom. The number of carbonyl (C=O) groups is 1. The minimum Gasteiger partial charge on any atom is -0.399 e. The third-order valence-corrected chi connectivity index (χ3v) is 3.75. The highest BCUT2D eigenvalue weighted by molar-refractivity contribution is 6.06. The monoisotopic (exact) mass is 352 g/mol. The maximum Gasteiger partial charge on any atom is 0.258 e. The Morgan fingerprint density at radius 3 is 2.81 bits per heavy atom. The first kappa shape index (κ1) is 17.3. The van der Waals surface area contributed by atoms with Gasteiger partial charge in [0.05, 0.1) is 18.0 Å². The summed E-state index contributed by atoms with van der Waals surface area (Å²) in [4.78, 5) is 17.0. The molecule has 1 heterocycles. The van der Waals surface area contributed by atoms with Gasteiger partial charge >= 0.3 is 0 Å². The van der Waals surface area contributed by atoms with E-state index in [-0.39, 0.29) is 5.91 Å². The number of rotatable bonds is 5. The molecule has 0 fully saturated rings. The molecule has 132 valence electrons. The lowest BCUT2D eigenvalue weighted by Crippen LogP contribution is -2.12. The molecule has 3 aromatic rings. The maximum absolute atomic E-state index is 14.3. The number of carbonyl (C=O) groups excluding carboxylic acids is 1. The number of aromatic nitrogens is 2. The molecule has 0 bridgehead atoms. The number of amides is 1. The van der Waals surface area contributed by atoms with Gasteiger partial charge in [0.1, 0.15) is 12.9 Å². The number of halogens is 1. The number of nitrogens with one attached hydrogen (secondary N) is 1. The summed E-state index contributed by atoms with van der Waals surface area (Å²) in [6.45, 7) is 0. The van der Waals surface area contributed by atoms with E-state index in [2.05, 4.69) is 20.4 Å². The molecule has 0 saturated carbocycles. The van der Waals surface area contributed by atoms with Crippen molar-refractivity contribution in [3.63, 3.8) is 0 Å². The predicted molar refractivity (Wildman–Crippen MR) is 97.6 cm³/mol. The number of anilines is 1. The fraction of sp³-hybridized carbons (Fsp3) is 0.105. The highest BCUT2D eigenvalue weighted by atomic mass is 19.1. The van der Waals surface area contributed by atoms with E-state index in [0.717, 1.165) is 0 Å². The van der Waals surface area contributed by atoms with Crippen molar-refractivity contribution in [2.75, 3.05) is 12.4 Å². The molecule has 0 aliphatic rings. The number of nitrogens with zero attached hydrogens (tertiary/aromatic N) is 3. The van der Waals surface area contributed by atoms with E-state index in [1.807, 2.05) is 12.1 Å². The Hall–Kier alpha value is -3.48. The molecule has 0 aliphatic heterocycles. The van der Waals surface area contributed by atoms with Gasteiger partial charge in [-0.1, -0.05) is 29.4 Å². The molecule has 1 aromatic heterocycles. The zero-order chi connectivity index (χ0) is 18.5. The fourth-order valence-corrected chi connectivity index (χ4v) is 2.49. The lowest BCUT2D eigenvalue weighted by molar-refractivity contribution is 0.102. The van der Waals surface area contributed by atoms with Crippen LogP contribution >= 0.6 is 0 Å². The van der Waals surface area contributed by atoms with Crippen LogP contribution in [0.4, 0.5) is 10.1 Å². The molecule has 1 amide bonds. The van der Waals surface area contributed by atoms with E-state index in [1.165, 1.54) is 25.6 Å². The molecular weight excluding hydrogens is 335 g/mol. The highest BCUT2D eigenvalue weighted by Gasteiger charge is 2.12. The van der Waals surface area contributed by atoms with E-state index >= 15 is 0 Å². The van der Waals surface area contributed by atoms with Crippen LogP contribution in [-0.4, -0.2) is 29.0 Å². The minimum absolute atomic E-state index is 0.283. The van der Waals surface area contributed by atoms with Crippen molar-refractivity contribution >= 4 is 17.8 Å². The lowest BCUT2D eigenvalue weighted by atomic mass is 10.0. The maximum atomic E-state index is 14.3. The predicted octanol–water partition coefficient (Wildman–Crippen LogP) is 3.46. The van der Waals surface area contributed by atoms with E-state index in [9.17, 15) is 9.18 Å². The summed E-state index contributed by atoms with van der Waals surface area (Å²) in [6, 6.07) is 12.0. The van der Waals surface area contributed by atoms with Crippen molar-refractivity contribution in [2.24, 2.45) is 12.2 Å². The van der Waals surface area contributed by atoms with Gasteiger partial charge in [0, 0.05) is 30.1 Å². The molecule has 26 heavy (non-hydrogen) atoms. The Kier molecular flexibility index (Phi) is 5.07. The van der Waals surface area contributed by atoms with E-state index < -0.39 is 5.82 Å². The molecule has 7 heteroatoms. The molecule has 6 nitrogen and oxygen atoms in total. The van der Waals surface area contributed by atoms with Gasteiger partial charge < -0.3 is 10.2 Å². The first-order valence-corrected chi connectivity index (χ1v) is 7.84. The molecule has 0 atom stereocenters.